The first-order chi connectivity index (χ1) is 13.4. The number of carbonyl (C=O) groups excluding carboxylic acids is 1. The number of nitrogens with one attached hydrogen (secondary N) is 1. The summed E-state index contributed by atoms with van der Waals surface area (Å²) < 4.78 is 5.39. The van der Waals surface area contributed by atoms with E-state index in [0.717, 1.165) is 11.3 Å². The summed E-state index contributed by atoms with van der Waals surface area (Å²) in [4.78, 5) is 35.3. The van der Waals surface area contributed by atoms with Crippen molar-refractivity contribution in [2.24, 2.45) is 0 Å². The van der Waals surface area contributed by atoms with Crippen molar-refractivity contribution in [3.05, 3.63) is 59.0 Å². The van der Waals surface area contributed by atoms with E-state index in [9.17, 15) is 9.59 Å². The van der Waals surface area contributed by atoms with Gasteiger partial charge < -0.3 is 14.6 Å². The van der Waals surface area contributed by atoms with E-state index in [-0.39, 0.29) is 17.1 Å². The van der Waals surface area contributed by atoms with Crippen LogP contribution in [0.1, 0.15) is 6.92 Å². The summed E-state index contributed by atoms with van der Waals surface area (Å²) in [5.74, 6) is 0.225. The van der Waals surface area contributed by atoms with Crippen LogP contribution >= 0.6 is 0 Å². The van der Waals surface area contributed by atoms with Gasteiger partial charge in [0.25, 0.3) is 0 Å². The molecule has 1 amide bonds. The number of anilines is 2. The van der Waals surface area contributed by atoms with Gasteiger partial charge in [-0.15, -0.1) is 0 Å². The molecule has 2 aromatic heterocycles. The predicted molar refractivity (Wildman–Crippen MR) is 110 cm³/mol. The molecule has 2 aromatic carbocycles. The summed E-state index contributed by atoms with van der Waals surface area (Å²) in [5.41, 5.74) is 2.10. The van der Waals surface area contributed by atoms with Crippen LogP contribution in [-0.4, -0.2) is 30.0 Å². The van der Waals surface area contributed by atoms with Crippen LogP contribution in [0, 0.1) is 0 Å². The second-order valence-corrected chi connectivity index (χ2v) is 6.63. The molecule has 0 spiro atoms. The molecule has 0 unspecified atom stereocenters. The highest BCUT2D eigenvalue weighted by Gasteiger charge is 2.17. The van der Waals surface area contributed by atoms with E-state index in [1.165, 1.54) is 6.92 Å². The molecule has 0 saturated heterocycles. The van der Waals surface area contributed by atoms with Crippen molar-refractivity contribution in [2.75, 3.05) is 24.3 Å². The summed E-state index contributed by atoms with van der Waals surface area (Å²) in [6, 6.07) is 14.9. The number of fused-ring (bicyclic) bond motifs is 3. The molecule has 0 saturated carbocycles. The number of amides is 1. The maximum absolute atomic E-state index is 12.6. The fraction of sp³-hybridized carbons (Fsp3) is 0.143. The highest BCUT2D eigenvalue weighted by atomic mass is 16.4. The van der Waals surface area contributed by atoms with Crippen LogP contribution in [0.3, 0.4) is 0 Å². The molecule has 0 aliphatic carbocycles. The normalized spacial score (nSPS) is 11.0. The van der Waals surface area contributed by atoms with Crippen molar-refractivity contribution >= 4 is 39.3 Å². The number of hydrogen-bond acceptors (Lipinski definition) is 6. The summed E-state index contributed by atoms with van der Waals surface area (Å²) >= 11 is 0. The molecule has 1 N–H and O–H groups in total. The van der Waals surface area contributed by atoms with Crippen molar-refractivity contribution < 1.29 is 9.21 Å². The average Bonchev–Trinajstić information content (AvgIpc) is 2.67. The molecule has 0 aliphatic heterocycles. The van der Waals surface area contributed by atoms with Gasteiger partial charge in [0.2, 0.25) is 5.91 Å². The lowest BCUT2D eigenvalue weighted by Gasteiger charge is -2.13. The Morgan fingerprint density at radius 2 is 1.75 bits per heavy atom. The van der Waals surface area contributed by atoms with Crippen molar-refractivity contribution in [3.63, 3.8) is 0 Å². The van der Waals surface area contributed by atoms with Crippen LogP contribution in [0.15, 0.2) is 57.7 Å². The van der Waals surface area contributed by atoms with Crippen molar-refractivity contribution in [1.82, 2.24) is 9.97 Å². The molecule has 2 heterocycles. The van der Waals surface area contributed by atoms with E-state index in [2.05, 4.69) is 15.3 Å². The van der Waals surface area contributed by atoms with Gasteiger partial charge >= 0.3 is 5.63 Å². The topological polar surface area (TPSA) is 88.3 Å². The molecule has 0 bridgehead atoms. The fourth-order valence-electron chi connectivity index (χ4n) is 3.05. The minimum atomic E-state index is -0.591. The number of benzene rings is 2. The summed E-state index contributed by atoms with van der Waals surface area (Å²) in [6.07, 6.45) is 0. The summed E-state index contributed by atoms with van der Waals surface area (Å²) in [7, 11) is 3.92. The third-order valence-electron chi connectivity index (χ3n) is 4.39. The van der Waals surface area contributed by atoms with Crippen molar-refractivity contribution in [2.45, 2.75) is 6.92 Å². The Morgan fingerprint density at radius 3 is 2.43 bits per heavy atom. The van der Waals surface area contributed by atoms with Gasteiger partial charge in [0.15, 0.2) is 11.6 Å². The van der Waals surface area contributed by atoms with E-state index < -0.39 is 5.63 Å². The van der Waals surface area contributed by atoms with E-state index in [4.69, 9.17) is 4.42 Å². The Morgan fingerprint density at radius 1 is 1.04 bits per heavy atom. The third-order valence-corrected chi connectivity index (χ3v) is 4.39. The SMILES string of the molecule is CC(=O)Nc1nc(-c2ccc(N(C)C)cc2)nc2c1c(=O)oc1ccccc12. The van der Waals surface area contributed by atoms with Gasteiger partial charge in [-0.2, -0.15) is 0 Å². The molecule has 4 rings (SSSR count). The Labute approximate surface area is 160 Å². The van der Waals surface area contributed by atoms with Crippen molar-refractivity contribution in [3.8, 4) is 11.4 Å². The first kappa shape index (κ1) is 17.7. The quantitative estimate of drug-likeness (QED) is 0.437. The molecule has 0 fully saturated rings. The zero-order valence-electron chi connectivity index (χ0n) is 15.7. The molecule has 28 heavy (non-hydrogen) atoms. The standard InChI is InChI=1S/C21H18N4O3/c1-12(26)22-20-17-18(15-6-4-5-7-16(15)28-21(17)27)23-19(24-20)13-8-10-14(11-9-13)25(2)3/h4-11H,1-3H3,(H,22,23,24,26). The van der Waals surface area contributed by atoms with Gasteiger partial charge in [0.05, 0.1) is 5.52 Å². The third kappa shape index (κ3) is 3.07. The van der Waals surface area contributed by atoms with Crippen LogP contribution < -0.4 is 15.8 Å². The zero-order valence-corrected chi connectivity index (χ0v) is 15.7. The summed E-state index contributed by atoms with van der Waals surface area (Å²) in [6.45, 7) is 1.36. The number of carbonyl (C=O) groups is 1. The molecular formula is C21H18N4O3. The number of aromatic nitrogens is 2. The van der Waals surface area contributed by atoms with Gasteiger partial charge in [0.1, 0.15) is 11.0 Å². The summed E-state index contributed by atoms with van der Waals surface area (Å²) in [5, 5.41) is 3.47. The number of hydrogen-bond donors (Lipinski definition) is 1. The van der Waals surface area contributed by atoms with Crippen LogP contribution in [0.4, 0.5) is 11.5 Å². The van der Waals surface area contributed by atoms with Gasteiger partial charge in [-0.1, -0.05) is 12.1 Å². The minimum Gasteiger partial charge on any atom is -0.422 e. The van der Waals surface area contributed by atoms with Crippen molar-refractivity contribution in [1.29, 1.82) is 0 Å². The molecule has 7 nitrogen and oxygen atoms in total. The van der Waals surface area contributed by atoms with Gasteiger partial charge in [0, 0.05) is 37.7 Å². The second kappa shape index (κ2) is 6.77. The zero-order chi connectivity index (χ0) is 19.8. The fourth-order valence-corrected chi connectivity index (χ4v) is 3.05. The Hall–Kier alpha value is -3.74. The average molecular weight is 374 g/mol. The van der Waals surface area contributed by atoms with Crippen LogP contribution in [0.2, 0.25) is 0 Å². The van der Waals surface area contributed by atoms with Crippen LogP contribution in [0.25, 0.3) is 33.3 Å². The monoisotopic (exact) mass is 374 g/mol. The maximum Gasteiger partial charge on any atom is 0.349 e. The van der Waals surface area contributed by atoms with E-state index in [1.807, 2.05) is 55.4 Å². The van der Waals surface area contributed by atoms with E-state index >= 15 is 0 Å². The van der Waals surface area contributed by atoms with E-state index in [0.29, 0.717) is 22.3 Å². The van der Waals surface area contributed by atoms with Crippen LogP contribution in [0.5, 0.6) is 0 Å². The molecule has 0 aliphatic rings. The first-order valence-corrected chi connectivity index (χ1v) is 8.73. The molecule has 4 aromatic rings. The smallest absolute Gasteiger partial charge is 0.349 e. The molecule has 0 radical (unpaired) electrons. The van der Waals surface area contributed by atoms with Gasteiger partial charge in [-0.3, -0.25) is 4.79 Å². The highest BCUT2D eigenvalue weighted by Crippen LogP contribution is 2.28. The van der Waals surface area contributed by atoms with Gasteiger partial charge in [-0.05, 0) is 36.4 Å². The van der Waals surface area contributed by atoms with Crippen LogP contribution in [-0.2, 0) is 4.79 Å². The Bertz CT molecular complexity index is 1260. The predicted octanol–water partition coefficient (Wildman–Crippen LogP) is 3.43. The Kier molecular flexibility index (Phi) is 4.27. The highest BCUT2D eigenvalue weighted by molar-refractivity contribution is 6.08. The molecular weight excluding hydrogens is 356 g/mol. The lowest BCUT2D eigenvalue weighted by Crippen LogP contribution is -2.13. The van der Waals surface area contributed by atoms with Gasteiger partial charge in [-0.25, -0.2) is 14.8 Å². The first-order valence-electron chi connectivity index (χ1n) is 8.73. The molecule has 140 valence electrons. The maximum atomic E-state index is 12.6. The molecule has 0 atom stereocenters. The lowest BCUT2D eigenvalue weighted by atomic mass is 10.1. The second-order valence-electron chi connectivity index (χ2n) is 6.63. The Balaban J connectivity index is 2.03. The minimum absolute atomic E-state index is 0.142. The number of para-hydroxylation sites is 1. The molecule has 7 heteroatoms. The lowest BCUT2D eigenvalue weighted by molar-refractivity contribution is -0.114. The number of rotatable bonds is 3. The van der Waals surface area contributed by atoms with E-state index in [1.54, 1.807) is 12.1 Å². The largest absolute Gasteiger partial charge is 0.422 e. The number of nitrogens with zero attached hydrogens (tertiary/aromatic N) is 3.